The van der Waals surface area contributed by atoms with E-state index in [4.69, 9.17) is 10.5 Å². The van der Waals surface area contributed by atoms with E-state index in [1.165, 1.54) is 11.8 Å². The number of rotatable bonds is 4. The Balaban J connectivity index is 1.52. The van der Waals surface area contributed by atoms with Crippen LogP contribution in [0.2, 0.25) is 0 Å². The molecule has 2 unspecified atom stereocenters. The molecule has 4 heterocycles. The molecule has 0 saturated heterocycles. The van der Waals surface area contributed by atoms with Crippen LogP contribution < -0.4 is 20.7 Å². The summed E-state index contributed by atoms with van der Waals surface area (Å²) in [5.74, 6) is 0.568. The summed E-state index contributed by atoms with van der Waals surface area (Å²) in [5, 5.41) is 3.59. The molecular formula is C22H19N5O3S. The minimum Gasteiger partial charge on any atom is -0.439 e. The second-order valence-electron chi connectivity index (χ2n) is 7.57. The third-order valence-electron chi connectivity index (χ3n) is 5.47. The smallest absolute Gasteiger partial charge is 0.326 e. The van der Waals surface area contributed by atoms with Crippen molar-refractivity contribution < 1.29 is 14.3 Å². The Hall–Kier alpha value is -3.59. The summed E-state index contributed by atoms with van der Waals surface area (Å²) >= 11 is 1.29. The van der Waals surface area contributed by atoms with E-state index in [1.54, 1.807) is 54.4 Å². The number of carbonyl (C=O) groups is 2. The van der Waals surface area contributed by atoms with Gasteiger partial charge >= 0.3 is 6.03 Å². The number of pyridine rings is 2. The maximum absolute atomic E-state index is 13.1. The lowest BCUT2D eigenvalue weighted by molar-refractivity contribution is -0.120. The maximum atomic E-state index is 13.1. The van der Waals surface area contributed by atoms with Crippen molar-refractivity contribution >= 4 is 35.1 Å². The lowest BCUT2D eigenvalue weighted by Crippen LogP contribution is -2.53. The summed E-state index contributed by atoms with van der Waals surface area (Å²) in [6, 6.07) is 13.4. The predicted octanol–water partition coefficient (Wildman–Crippen LogP) is 4.02. The van der Waals surface area contributed by atoms with Gasteiger partial charge in [0.2, 0.25) is 11.8 Å². The van der Waals surface area contributed by atoms with Crippen molar-refractivity contribution in [3.05, 3.63) is 66.0 Å². The molecule has 0 bridgehead atoms. The molecule has 3 aromatic rings. The van der Waals surface area contributed by atoms with E-state index in [1.807, 2.05) is 19.1 Å². The molecule has 31 heavy (non-hydrogen) atoms. The van der Waals surface area contributed by atoms with E-state index in [0.29, 0.717) is 28.0 Å². The molecule has 2 atom stereocenters. The van der Waals surface area contributed by atoms with Crippen molar-refractivity contribution in [3.63, 3.8) is 0 Å². The molecule has 8 nitrogen and oxygen atoms in total. The fraction of sp³-hybridized carbons (Fsp3) is 0.182. The molecule has 3 N–H and O–H groups in total. The molecule has 3 amide bonds. The highest BCUT2D eigenvalue weighted by molar-refractivity contribution is 8.01. The molecule has 156 valence electrons. The number of anilines is 2. The number of nitrogens with one attached hydrogen (secondary N) is 1. The summed E-state index contributed by atoms with van der Waals surface area (Å²) < 4.78 is 4.76. The average molecular weight is 433 g/mol. The Morgan fingerprint density at radius 2 is 2.00 bits per heavy atom. The number of thioether (sulfide) groups is 1. The van der Waals surface area contributed by atoms with Crippen LogP contribution in [0.4, 0.5) is 16.2 Å². The van der Waals surface area contributed by atoms with Crippen molar-refractivity contribution in [2.45, 2.75) is 29.7 Å². The molecule has 9 heteroatoms. The van der Waals surface area contributed by atoms with Crippen molar-refractivity contribution in [2.24, 2.45) is 5.73 Å². The van der Waals surface area contributed by atoms with Crippen LogP contribution in [0.3, 0.4) is 0 Å². The lowest BCUT2D eigenvalue weighted by Gasteiger charge is -2.40. The van der Waals surface area contributed by atoms with Gasteiger partial charge < -0.3 is 15.8 Å². The number of hydrogen-bond donors (Lipinski definition) is 2. The zero-order chi connectivity index (χ0) is 21.8. The van der Waals surface area contributed by atoms with E-state index >= 15 is 0 Å². The van der Waals surface area contributed by atoms with E-state index in [0.717, 1.165) is 11.3 Å². The second-order valence-corrected chi connectivity index (χ2v) is 9.01. The molecule has 0 radical (unpaired) electrons. The summed E-state index contributed by atoms with van der Waals surface area (Å²) in [5.41, 5.74) is 8.71. The first kappa shape index (κ1) is 19.4. The van der Waals surface area contributed by atoms with Crippen LogP contribution in [0.15, 0.2) is 59.8 Å². The van der Waals surface area contributed by atoms with Crippen LogP contribution in [-0.4, -0.2) is 26.7 Å². The zero-order valence-corrected chi connectivity index (χ0v) is 17.6. The van der Waals surface area contributed by atoms with Gasteiger partial charge in [0, 0.05) is 29.2 Å². The molecule has 0 spiro atoms. The van der Waals surface area contributed by atoms with Crippen molar-refractivity contribution in [3.8, 4) is 11.6 Å². The molecule has 0 aliphatic carbocycles. The van der Waals surface area contributed by atoms with Gasteiger partial charge in [0.15, 0.2) is 0 Å². The summed E-state index contributed by atoms with van der Waals surface area (Å²) in [6.45, 7) is 3.64. The first-order chi connectivity index (χ1) is 14.9. The van der Waals surface area contributed by atoms with Crippen LogP contribution in [0.25, 0.3) is 0 Å². The van der Waals surface area contributed by atoms with Crippen LogP contribution in [0.1, 0.15) is 24.2 Å². The van der Waals surface area contributed by atoms with E-state index in [2.05, 4.69) is 15.3 Å². The average Bonchev–Trinajstić information content (AvgIpc) is 3.04. The summed E-state index contributed by atoms with van der Waals surface area (Å²) in [6.07, 6.45) is 1.62. The van der Waals surface area contributed by atoms with Gasteiger partial charge in [-0.25, -0.2) is 14.8 Å². The topological polar surface area (TPSA) is 110 Å². The first-order valence-electron chi connectivity index (χ1n) is 9.66. The number of benzene rings is 1. The zero-order valence-electron chi connectivity index (χ0n) is 16.8. The Morgan fingerprint density at radius 3 is 2.71 bits per heavy atom. The highest BCUT2D eigenvalue weighted by Crippen LogP contribution is 2.58. The summed E-state index contributed by atoms with van der Waals surface area (Å²) in [4.78, 5) is 35.8. The van der Waals surface area contributed by atoms with Crippen molar-refractivity contribution in [1.29, 1.82) is 0 Å². The molecule has 2 aliphatic rings. The van der Waals surface area contributed by atoms with Gasteiger partial charge in [0.1, 0.15) is 15.5 Å². The van der Waals surface area contributed by atoms with E-state index in [-0.39, 0.29) is 6.03 Å². The number of aryl methyl sites for hydroxylation is 1. The van der Waals surface area contributed by atoms with Gasteiger partial charge in [-0.15, -0.1) is 0 Å². The van der Waals surface area contributed by atoms with Gasteiger partial charge in [-0.2, -0.15) is 0 Å². The van der Waals surface area contributed by atoms with E-state index in [9.17, 15) is 9.59 Å². The number of ether oxygens (including phenoxy) is 1. The quantitative estimate of drug-likeness (QED) is 0.643. The first-order valence-corrected chi connectivity index (χ1v) is 10.5. The lowest BCUT2D eigenvalue weighted by atomic mass is 9.90. The molecular weight excluding hydrogens is 414 g/mol. The van der Waals surface area contributed by atoms with Crippen LogP contribution >= 0.6 is 11.8 Å². The number of hydrogen-bond acceptors (Lipinski definition) is 6. The number of amides is 3. The SMILES string of the molecule is Cc1cccc(Oc2ccc(N3C(=O)Nc4ccnc5c4C3C(C)(C(N)=O)S5)cc2)n1. The summed E-state index contributed by atoms with van der Waals surface area (Å²) in [7, 11) is 0. The minimum absolute atomic E-state index is 0.335. The fourth-order valence-electron chi connectivity index (χ4n) is 3.93. The number of primary amides is 1. The molecule has 0 fully saturated rings. The number of urea groups is 1. The van der Waals surface area contributed by atoms with Crippen molar-refractivity contribution in [1.82, 2.24) is 9.97 Å². The van der Waals surface area contributed by atoms with Crippen LogP contribution in [-0.2, 0) is 4.79 Å². The van der Waals surface area contributed by atoms with Gasteiger partial charge in [-0.1, -0.05) is 17.8 Å². The number of carbonyl (C=O) groups excluding carboxylic acids is 2. The van der Waals surface area contributed by atoms with Gasteiger partial charge in [0.25, 0.3) is 0 Å². The maximum Gasteiger partial charge on any atom is 0.326 e. The number of nitrogens with zero attached hydrogens (tertiary/aromatic N) is 3. The Bertz CT molecular complexity index is 1220. The monoisotopic (exact) mass is 433 g/mol. The molecule has 1 aromatic carbocycles. The van der Waals surface area contributed by atoms with Gasteiger partial charge in [0.05, 0.1) is 11.7 Å². The third-order valence-corrected chi connectivity index (χ3v) is 6.83. The predicted molar refractivity (Wildman–Crippen MR) is 117 cm³/mol. The van der Waals surface area contributed by atoms with Crippen molar-refractivity contribution in [2.75, 3.05) is 10.2 Å². The largest absolute Gasteiger partial charge is 0.439 e. The van der Waals surface area contributed by atoms with Gasteiger partial charge in [-0.3, -0.25) is 9.69 Å². The fourth-order valence-corrected chi connectivity index (χ4v) is 5.21. The molecule has 5 rings (SSSR count). The Kier molecular flexibility index (Phi) is 4.37. The normalized spacial score (nSPS) is 21.4. The molecule has 2 aliphatic heterocycles. The Morgan fingerprint density at radius 1 is 1.23 bits per heavy atom. The molecule has 2 aromatic heterocycles. The number of nitrogens with two attached hydrogens (primary N) is 1. The third kappa shape index (κ3) is 3.09. The standard InChI is InChI=1S/C22H19N5O3S/c1-12-4-3-5-16(25-12)30-14-8-6-13(7-9-14)27-18-17-15(26-21(27)29)10-11-24-19(17)31-22(18,2)20(23)28/h3-11,18H,1-2H3,(H2,23,28)(H,26,29). The van der Waals surface area contributed by atoms with Crippen LogP contribution in [0, 0.1) is 6.92 Å². The van der Waals surface area contributed by atoms with E-state index < -0.39 is 16.7 Å². The van der Waals surface area contributed by atoms with Gasteiger partial charge in [-0.05, 0) is 50.2 Å². The number of aromatic nitrogens is 2. The second kappa shape index (κ2) is 6.98. The Labute approximate surface area is 182 Å². The highest BCUT2D eigenvalue weighted by atomic mass is 32.2. The van der Waals surface area contributed by atoms with Crippen LogP contribution in [0.5, 0.6) is 11.6 Å². The minimum atomic E-state index is -1.05. The molecule has 0 saturated carbocycles. The highest BCUT2D eigenvalue weighted by Gasteiger charge is 2.56.